The van der Waals surface area contributed by atoms with E-state index in [1.807, 2.05) is 19.1 Å². The van der Waals surface area contributed by atoms with E-state index in [-0.39, 0.29) is 5.78 Å². The number of rotatable bonds is 3. The van der Waals surface area contributed by atoms with Crippen molar-refractivity contribution in [2.24, 2.45) is 0 Å². The second-order valence-corrected chi connectivity index (χ2v) is 4.38. The van der Waals surface area contributed by atoms with E-state index in [0.717, 1.165) is 5.56 Å². The van der Waals surface area contributed by atoms with Crippen molar-refractivity contribution in [2.45, 2.75) is 13.8 Å². The summed E-state index contributed by atoms with van der Waals surface area (Å²) in [7, 11) is 0. The number of nitrogens with zero attached hydrogens (tertiary/aromatic N) is 1. The van der Waals surface area contributed by atoms with E-state index < -0.39 is 0 Å². The van der Waals surface area contributed by atoms with Crippen LogP contribution in [0, 0.1) is 6.92 Å². The Morgan fingerprint density at radius 1 is 1.28 bits per heavy atom. The van der Waals surface area contributed by atoms with E-state index >= 15 is 0 Å². The van der Waals surface area contributed by atoms with Crippen LogP contribution in [0.3, 0.4) is 0 Å². The second-order valence-electron chi connectivity index (χ2n) is 3.97. The fourth-order valence-electron chi connectivity index (χ4n) is 1.46. The summed E-state index contributed by atoms with van der Waals surface area (Å²) in [5.74, 6) is 1.05. The average molecular weight is 262 g/mol. The second kappa shape index (κ2) is 5.19. The third-order valence-corrected chi connectivity index (χ3v) is 2.72. The van der Waals surface area contributed by atoms with Gasteiger partial charge in [-0.1, -0.05) is 17.7 Å². The molecule has 1 heterocycles. The van der Waals surface area contributed by atoms with E-state index in [1.54, 1.807) is 18.2 Å². The summed E-state index contributed by atoms with van der Waals surface area (Å²) in [6.45, 7) is 3.43. The smallest absolute Gasteiger partial charge is 0.178 e. The SMILES string of the molecule is CC(=O)c1ccc(Oc2cc(C)ccc2Cl)cn1. The first-order valence-electron chi connectivity index (χ1n) is 5.47. The number of carbonyl (C=O) groups excluding carboxylic acids is 1. The number of hydrogen-bond acceptors (Lipinski definition) is 3. The largest absolute Gasteiger partial charge is 0.454 e. The van der Waals surface area contributed by atoms with Gasteiger partial charge in [-0.15, -0.1) is 0 Å². The number of benzene rings is 1. The predicted molar refractivity (Wildman–Crippen MR) is 70.5 cm³/mol. The van der Waals surface area contributed by atoms with Crippen LogP contribution in [0.4, 0.5) is 0 Å². The van der Waals surface area contributed by atoms with Gasteiger partial charge in [0.05, 0.1) is 11.2 Å². The third-order valence-electron chi connectivity index (χ3n) is 2.41. The zero-order valence-corrected chi connectivity index (χ0v) is 10.9. The maximum atomic E-state index is 11.1. The quantitative estimate of drug-likeness (QED) is 0.783. The number of hydrogen-bond donors (Lipinski definition) is 0. The highest BCUT2D eigenvalue weighted by Gasteiger charge is 2.05. The number of halogens is 1. The van der Waals surface area contributed by atoms with Gasteiger partial charge in [-0.05, 0) is 36.8 Å². The van der Waals surface area contributed by atoms with Crippen LogP contribution in [-0.2, 0) is 0 Å². The molecule has 0 N–H and O–H groups in total. The Balaban J connectivity index is 2.23. The standard InChI is InChI=1S/C14H12ClNO2/c1-9-3-5-12(15)14(7-9)18-11-4-6-13(10(2)17)16-8-11/h3-8H,1-2H3. The van der Waals surface area contributed by atoms with Crippen molar-refractivity contribution in [1.82, 2.24) is 4.98 Å². The van der Waals surface area contributed by atoms with Gasteiger partial charge in [-0.3, -0.25) is 4.79 Å². The molecule has 0 saturated carbocycles. The van der Waals surface area contributed by atoms with Crippen LogP contribution in [0.2, 0.25) is 5.02 Å². The zero-order valence-electron chi connectivity index (χ0n) is 10.1. The molecule has 0 aliphatic carbocycles. The number of Topliss-reactive ketones (excluding diaryl/α,β-unsaturated/α-hetero) is 1. The van der Waals surface area contributed by atoms with Crippen molar-refractivity contribution in [3.8, 4) is 11.5 Å². The van der Waals surface area contributed by atoms with Gasteiger partial charge in [0.25, 0.3) is 0 Å². The molecular formula is C14H12ClNO2. The summed E-state index contributed by atoms with van der Waals surface area (Å²) in [4.78, 5) is 15.1. The molecule has 0 atom stereocenters. The van der Waals surface area contributed by atoms with E-state index in [0.29, 0.717) is 22.2 Å². The highest BCUT2D eigenvalue weighted by atomic mass is 35.5. The molecule has 0 radical (unpaired) electrons. The molecule has 0 bridgehead atoms. The Kier molecular flexibility index (Phi) is 3.63. The summed E-state index contributed by atoms with van der Waals surface area (Å²) >= 11 is 6.03. The van der Waals surface area contributed by atoms with Crippen molar-refractivity contribution < 1.29 is 9.53 Å². The Hall–Kier alpha value is -1.87. The molecule has 0 aliphatic heterocycles. The van der Waals surface area contributed by atoms with Gasteiger partial charge in [0.2, 0.25) is 0 Å². The highest BCUT2D eigenvalue weighted by Crippen LogP contribution is 2.29. The Morgan fingerprint density at radius 3 is 2.67 bits per heavy atom. The lowest BCUT2D eigenvalue weighted by Gasteiger charge is -2.08. The molecule has 0 amide bonds. The maximum Gasteiger partial charge on any atom is 0.178 e. The van der Waals surface area contributed by atoms with Crippen LogP contribution in [0.1, 0.15) is 23.0 Å². The van der Waals surface area contributed by atoms with Gasteiger partial charge in [-0.2, -0.15) is 0 Å². The van der Waals surface area contributed by atoms with Crippen LogP contribution < -0.4 is 4.74 Å². The topological polar surface area (TPSA) is 39.2 Å². The minimum absolute atomic E-state index is 0.0739. The first kappa shape index (κ1) is 12.6. The minimum Gasteiger partial charge on any atom is -0.454 e. The molecule has 18 heavy (non-hydrogen) atoms. The van der Waals surface area contributed by atoms with Crippen molar-refractivity contribution in [1.29, 1.82) is 0 Å². The summed E-state index contributed by atoms with van der Waals surface area (Å²) < 4.78 is 5.62. The lowest BCUT2D eigenvalue weighted by atomic mass is 10.2. The van der Waals surface area contributed by atoms with Crippen molar-refractivity contribution in [3.63, 3.8) is 0 Å². The zero-order chi connectivity index (χ0) is 13.1. The average Bonchev–Trinajstić information content (AvgIpc) is 2.34. The lowest BCUT2D eigenvalue weighted by molar-refractivity contribution is 0.101. The number of aryl methyl sites for hydroxylation is 1. The van der Waals surface area contributed by atoms with Crippen molar-refractivity contribution in [3.05, 3.63) is 52.8 Å². The van der Waals surface area contributed by atoms with Crippen LogP contribution in [-0.4, -0.2) is 10.8 Å². The van der Waals surface area contributed by atoms with Gasteiger partial charge in [0.1, 0.15) is 17.2 Å². The normalized spacial score (nSPS) is 10.2. The van der Waals surface area contributed by atoms with Gasteiger partial charge in [0.15, 0.2) is 5.78 Å². The number of carbonyl (C=O) groups is 1. The third kappa shape index (κ3) is 2.87. The van der Waals surface area contributed by atoms with E-state index in [2.05, 4.69) is 4.98 Å². The Bertz CT molecular complexity index is 579. The minimum atomic E-state index is -0.0739. The van der Waals surface area contributed by atoms with E-state index in [4.69, 9.17) is 16.3 Å². The number of pyridine rings is 1. The maximum absolute atomic E-state index is 11.1. The fraction of sp³-hybridized carbons (Fsp3) is 0.143. The molecule has 0 saturated heterocycles. The molecule has 2 aromatic rings. The number of ketones is 1. The molecule has 1 aromatic carbocycles. The van der Waals surface area contributed by atoms with Gasteiger partial charge in [-0.25, -0.2) is 4.98 Å². The number of aromatic nitrogens is 1. The fourth-order valence-corrected chi connectivity index (χ4v) is 1.62. The van der Waals surface area contributed by atoms with Crippen LogP contribution in [0.15, 0.2) is 36.5 Å². The lowest BCUT2D eigenvalue weighted by Crippen LogP contribution is -1.96. The molecule has 4 heteroatoms. The summed E-state index contributed by atoms with van der Waals surface area (Å²) in [6, 6.07) is 8.86. The first-order valence-corrected chi connectivity index (χ1v) is 5.85. The van der Waals surface area contributed by atoms with Gasteiger partial charge < -0.3 is 4.74 Å². The predicted octanol–water partition coefficient (Wildman–Crippen LogP) is 4.04. The monoisotopic (exact) mass is 261 g/mol. The van der Waals surface area contributed by atoms with Crippen molar-refractivity contribution >= 4 is 17.4 Å². The molecule has 2 rings (SSSR count). The van der Waals surface area contributed by atoms with Crippen LogP contribution in [0.25, 0.3) is 0 Å². The van der Waals surface area contributed by atoms with E-state index in [1.165, 1.54) is 13.1 Å². The molecule has 0 fully saturated rings. The molecular weight excluding hydrogens is 250 g/mol. The summed E-state index contributed by atoms with van der Waals surface area (Å²) in [6.07, 6.45) is 1.51. The van der Waals surface area contributed by atoms with Crippen LogP contribution >= 0.6 is 11.6 Å². The van der Waals surface area contributed by atoms with Crippen LogP contribution in [0.5, 0.6) is 11.5 Å². The summed E-state index contributed by atoms with van der Waals surface area (Å²) in [5.41, 5.74) is 1.47. The number of ether oxygens (including phenoxy) is 1. The van der Waals surface area contributed by atoms with Gasteiger partial charge in [0, 0.05) is 6.92 Å². The van der Waals surface area contributed by atoms with Gasteiger partial charge >= 0.3 is 0 Å². The van der Waals surface area contributed by atoms with E-state index in [9.17, 15) is 4.79 Å². The van der Waals surface area contributed by atoms with Crippen molar-refractivity contribution in [2.75, 3.05) is 0 Å². The molecule has 1 aromatic heterocycles. The molecule has 3 nitrogen and oxygen atoms in total. The Labute approximate surface area is 110 Å². The Morgan fingerprint density at radius 2 is 2.06 bits per heavy atom. The summed E-state index contributed by atoms with van der Waals surface area (Å²) in [5, 5.41) is 0.538. The first-order chi connectivity index (χ1) is 8.56. The molecule has 0 spiro atoms. The molecule has 0 unspecified atom stereocenters. The molecule has 0 aliphatic rings. The highest BCUT2D eigenvalue weighted by molar-refractivity contribution is 6.32. The molecule has 92 valence electrons.